The van der Waals surface area contributed by atoms with Gasteiger partial charge in [0.05, 0.1) is 0 Å². The third-order valence-corrected chi connectivity index (χ3v) is 2.90. The third-order valence-electron chi connectivity index (χ3n) is 2.57. The lowest BCUT2D eigenvalue weighted by atomic mass is 10.2. The SMILES string of the molecule is OCCCCn1ccc2c(Cl)cccc21. The summed E-state index contributed by atoms with van der Waals surface area (Å²) in [6.45, 7) is 1.20. The third kappa shape index (κ3) is 2.16. The Hall–Kier alpha value is -0.990. The van der Waals surface area contributed by atoms with Crippen molar-refractivity contribution in [1.82, 2.24) is 4.57 Å². The Balaban J connectivity index is 2.25. The van der Waals surface area contributed by atoms with Crippen LogP contribution in [0.4, 0.5) is 0 Å². The molecule has 0 saturated heterocycles. The van der Waals surface area contributed by atoms with E-state index < -0.39 is 0 Å². The molecule has 0 spiro atoms. The van der Waals surface area contributed by atoms with Crippen LogP contribution in [-0.4, -0.2) is 16.3 Å². The molecule has 80 valence electrons. The zero-order valence-electron chi connectivity index (χ0n) is 8.49. The van der Waals surface area contributed by atoms with Crippen molar-refractivity contribution in [1.29, 1.82) is 0 Å². The second kappa shape index (κ2) is 4.69. The van der Waals surface area contributed by atoms with Crippen molar-refractivity contribution in [3.05, 3.63) is 35.5 Å². The molecule has 0 radical (unpaired) electrons. The van der Waals surface area contributed by atoms with Crippen molar-refractivity contribution in [2.24, 2.45) is 0 Å². The highest BCUT2D eigenvalue weighted by atomic mass is 35.5. The molecule has 0 amide bonds. The highest BCUT2D eigenvalue weighted by Crippen LogP contribution is 2.24. The first kappa shape index (κ1) is 10.5. The quantitative estimate of drug-likeness (QED) is 0.792. The van der Waals surface area contributed by atoms with Crippen LogP contribution in [0.15, 0.2) is 30.5 Å². The number of hydrogen-bond donors (Lipinski definition) is 1. The van der Waals surface area contributed by atoms with Crippen molar-refractivity contribution in [2.75, 3.05) is 6.61 Å². The Labute approximate surface area is 94.1 Å². The van der Waals surface area contributed by atoms with Gasteiger partial charge < -0.3 is 9.67 Å². The highest BCUT2D eigenvalue weighted by Gasteiger charge is 2.02. The molecule has 0 fully saturated rings. The van der Waals surface area contributed by atoms with Gasteiger partial charge in [0.15, 0.2) is 0 Å². The fourth-order valence-corrected chi connectivity index (χ4v) is 2.01. The zero-order valence-corrected chi connectivity index (χ0v) is 9.24. The van der Waals surface area contributed by atoms with E-state index in [9.17, 15) is 0 Å². The van der Waals surface area contributed by atoms with Gasteiger partial charge in [-0.25, -0.2) is 0 Å². The minimum Gasteiger partial charge on any atom is -0.396 e. The summed E-state index contributed by atoms with van der Waals surface area (Å²) in [4.78, 5) is 0. The van der Waals surface area contributed by atoms with E-state index in [2.05, 4.69) is 10.6 Å². The Morgan fingerprint density at radius 1 is 1.20 bits per heavy atom. The molecule has 0 aliphatic carbocycles. The number of benzene rings is 1. The summed E-state index contributed by atoms with van der Waals surface area (Å²) >= 11 is 6.08. The van der Waals surface area contributed by atoms with Gasteiger partial charge in [0.2, 0.25) is 0 Å². The van der Waals surface area contributed by atoms with Crippen LogP contribution in [0.1, 0.15) is 12.8 Å². The first-order chi connectivity index (χ1) is 7.33. The van der Waals surface area contributed by atoms with Crippen LogP contribution in [0.5, 0.6) is 0 Å². The Morgan fingerprint density at radius 3 is 2.87 bits per heavy atom. The number of aliphatic hydroxyl groups is 1. The van der Waals surface area contributed by atoms with Crippen molar-refractivity contribution in [3.63, 3.8) is 0 Å². The molecule has 0 aliphatic rings. The van der Waals surface area contributed by atoms with Crippen molar-refractivity contribution in [2.45, 2.75) is 19.4 Å². The number of aromatic nitrogens is 1. The van der Waals surface area contributed by atoms with E-state index in [0.29, 0.717) is 0 Å². The average Bonchev–Trinajstić information content (AvgIpc) is 2.64. The van der Waals surface area contributed by atoms with Gasteiger partial charge in [-0.1, -0.05) is 17.7 Å². The second-order valence-electron chi connectivity index (χ2n) is 3.61. The van der Waals surface area contributed by atoms with Crippen LogP contribution >= 0.6 is 11.6 Å². The van der Waals surface area contributed by atoms with Gasteiger partial charge in [0.25, 0.3) is 0 Å². The molecule has 1 aromatic carbocycles. The first-order valence-electron chi connectivity index (χ1n) is 5.17. The Morgan fingerprint density at radius 2 is 2.07 bits per heavy atom. The minimum absolute atomic E-state index is 0.264. The molecule has 1 aromatic heterocycles. The van der Waals surface area contributed by atoms with Crippen molar-refractivity contribution >= 4 is 22.5 Å². The Kier molecular flexibility index (Phi) is 3.29. The molecule has 0 unspecified atom stereocenters. The number of aliphatic hydroxyl groups excluding tert-OH is 1. The van der Waals surface area contributed by atoms with Gasteiger partial charge in [-0.3, -0.25) is 0 Å². The van der Waals surface area contributed by atoms with Crippen LogP contribution < -0.4 is 0 Å². The predicted octanol–water partition coefficient (Wildman–Crippen LogP) is 3.07. The molecule has 2 nitrogen and oxygen atoms in total. The van der Waals surface area contributed by atoms with Gasteiger partial charge >= 0.3 is 0 Å². The van der Waals surface area contributed by atoms with E-state index in [1.807, 2.05) is 24.4 Å². The minimum atomic E-state index is 0.264. The second-order valence-corrected chi connectivity index (χ2v) is 4.02. The van der Waals surface area contributed by atoms with Crippen LogP contribution in [0, 0.1) is 0 Å². The monoisotopic (exact) mass is 223 g/mol. The fraction of sp³-hybridized carbons (Fsp3) is 0.333. The molecule has 0 atom stereocenters. The van der Waals surface area contributed by atoms with Crippen molar-refractivity contribution < 1.29 is 5.11 Å². The van der Waals surface area contributed by atoms with Gasteiger partial charge in [-0.15, -0.1) is 0 Å². The largest absolute Gasteiger partial charge is 0.396 e. The molecule has 1 heterocycles. The summed E-state index contributed by atoms with van der Waals surface area (Å²) in [6.07, 6.45) is 3.89. The molecule has 0 saturated carbocycles. The van der Waals surface area contributed by atoms with Gasteiger partial charge in [-0.05, 0) is 31.0 Å². The summed E-state index contributed by atoms with van der Waals surface area (Å²) in [6, 6.07) is 7.98. The summed E-state index contributed by atoms with van der Waals surface area (Å²) in [5.41, 5.74) is 1.17. The number of unbranched alkanes of at least 4 members (excludes halogenated alkanes) is 1. The molecule has 1 N–H and O–H groups in total. The molecule has 0 aliphatic heterocycles. The van der Waals surface area contributed by atoms with Gasteiger partial charge in [0, 0.05) is 35.3 Å². The normalized spacial score (nSPS) is 11.1. The lowest BCUT2D eigenvalue weighted by Gasteiger charge is -2.04. The van der Waals surface area contributed by atoms with Crippen LogP contribution in [0.3, 0.4) is 0 Å². The average molecular weight is 224 g/mol. The summed E-state index contributed by atoms with van der Waals surface area (Å²) < 4.78 is 2.18. The number of fused-ring (bicyclic) bond motifs is 1. The smallest absolute Gasteiger partial charge is 0.0499 e. The molecule has 2 rings (SSSR count). The molecular formula is C12H14ClNO. The predicted molar refractivity (Wildman–Crippen MR) is 63.3 cm³/mol. The Bertz CT molecular complexity index is 450. The molecule has 2 aromatic rings. The highest BCUT2D eigenvalue weighted by molar-refractivity contribution is 6.35. The standard InChI is InChI=1S/C12H14ClNO/c13-11-4-3-5-12-10(11)6-8-14(12)7-1-2-9-15/h3-6,8,15H,1-2,7,9H2. The van der Waals surface area contributed by atoms with Crippen LogP contribution in [0.2, 0.25) is 5.02 Å². The number of halogens is 1. The van der Waals surface area contributed by atoms with Crippen molar-refractivity contribution in [3.8, 4) is 0 Å². The molecule has 3 heteroatoms. The number of rotatable bonds is 4. The maximum absolute atomic E-state index is 8.72. The maximum Gasteiger partial charge on any atom is 0.0499 e. The van der Waals surface area contributed by atoms with Crippen LogP contribution in [0.25, 0.3) is 10.9 Å². The number of aryl methyl sites for hydroxylation is 1. The molecular weight excluding hydrogens is 210 g/mol. The molecule has 0 bridgehead atoms. The van der Waals surface area contributed by atoms with E-state index in [4.69, 9.17) is 16.7 Å². The fourth-order valence-electron chi connectivity index (χ4n) is 1.77. The van der Waals surface area contributed by atoms with Gasteiger partial charge in [-0.2, -0.15) is 0 Å². The van der Waals surface area contributed by atoms with Crippen LogP contribution in [-0.2, 0) is 6.54 Å². The van der Waals surface area contributed by atoms with E-state index in [-0.39, 0.29) is 6.61 Å². The summed E-state index contributed by atoms with van der Waals surface area (Å²) in [5, 5.41) is 10.6. The number of nitrogens with zero attached hydrogens (tertiary/aromatic N) is 1. The first-order valence-corrected chi connectivity index (χ1v) is 5.55. The van der Waals surface area contributed by atoms with Gasteiger partial charge in [0.1, 0.15) is 0 Å². The van der Waals surface area contributed by atoms with E-state index in [0.717, 1.165) is 29.8 Å². The lowest BCUT2D eigenvalue weighted by Crippen LogP contribution is -1.96. The van der Waals surface area contributed by atoms with E-state index in [1.54, 1.807) is 0 Å². The topological polar surface area (TPSA) is 25.2 Å². The maximum atomic E-state index is 8.72. The van der Waals surface area contributed by atoms with E-state index in [1.165, 1.54) is 5.52 Å². The summed E-state index contributed by atoms with van der Waals surface area (Å²) in [5.74, 6) is 0. The zero-order chi connectivity index (χ0) is 10.7. The molecule has 15 heavy (non-hydrogen) atoms. The van der Waals surface area contributed by atoms with E-state index >= 15 is 0 Å². The summed E-state index contributed by atoms with van der Waals surface area (Å²) in [7, 11) is 0. The lowest BCUT2D eigenvalue weighted by molar-refractivity contribution is 0.281. The number of hydrogen-bond acceptors (Lipinski definition) is 1.